The van der Waals surface area contributed by atoms with Crippen molar-refractivity contribution in [2.45, 2.75) is 64.4 Å². The largest absolute Gasteiger partial charge is 0.393 e. The van der Waals surface area contributed by atoms with Gasteiger partial charge in [-0.3, -0.25) is 4.98 Å². The zero-order valence-electron chi connectivity index (χ0n) is 10.9. The van der Waals surface area contributed by atoms with Gasteiger partial charge in [0.2, 0.25) is 0 Å². The van der Waals surface area contributed by atoms with Crippen LogP contribution in [-0.2, 0) is 6.42 Å². The van der Waals surface area contributed by atoms with Crippen LogP contribution in [0.2, 0.25) is 0 Å². The van der Waals surface area contributed by atoms with Crippen LogP contribution in [-0.4, -0.2) is 16.2 Å². The molecule has 0 fully saturated rings. The molecular weight excluding hydrogens is 210 g/mol. The summed E-state index contributed by atoms with van der Waals surface area (Å²) in [7, 11) is 0. The number of pyridine rings is 1. The second kappa shape index (κ2) is 9.17. The summed E-state index contributed by atoms with van der Waals surface area (Å²) in [4.78, 5) is 3.99. The van der Waals surface area contributed by atoms with E-state index in [1.165, 1.54) is 31.2 Å². The Labute approximate surface area is 105 Å². The van der Waals surface area contributed by atoms with E-state index in [9.17, 15) is 5.11 Å². The molecule has 1 heterocycles. The molecule has 0 saturated heterocycles. The standard InChI is InChI=1S/C15H25NO/c1-2-3-4-5-6-7-15(17)9-8-14-10-12-16-13-11-14/h10-13,15,17H,2-9H2,1H3. The van der Waals surface area contributed by atoms with E-state index in [2.05, 4.69) is 11.9 Å². The molecule has 96 valence electrons. The molecule has 0 saturated carbocycles. The Kier molecular flexibility index (Phi) is 7.65. The Hall–Kier alpha value is -0.890. The SMILES string of the molecule is CCCCCCCC(O)CCc1ccncc1. The Bertz CT molecular complexity index is 274. The van der Waals surface area contributed by atoms with E-state index in [0.29, 0.717) is 0 Å². The predicted octanol–water partition coefficient (Wildman–Crippen LogP) is 3.74. The summed E-state index contributed by atoms with van der Waals surface area (Å²) in [5.74, 6) is 0. The van der Waals surface area contributed by atoms with Crippen LogP contribution in [0.15, 0.2) is 24.5 Å². The molecule has 1 N–H and O–H groups in total. The molecule has 1 rings (SSSR count). The number of hydrogen-bond donors (Lipinski definition) is 1. The Morgan fingerprint density at radius 1 is 1.06 bits per heavy atom. The van der Waals surface area contributed by atoms with Crippen LogP contribution in [0.25, 0.3) is 0 Å². The number of nitrogens with zero attached hydrogens (tertiary/aromatic N) is 1. The number of hydrogen-bond acceptors (Lipinski definition) is 2. The van der Waals surface area contributed by atoms with Crippen molar-refractivity contribution in [3.63, 3.8) is 0 Å². The van der Waals surface area contributed by atoms with Crippen LogP contribution >= 0.6 is 0 Å². The van der Waals surface area contributed by atoms with E-state index in [1.807, 2.05) is 24.5 Å². The van der Waals surface area contributed by atoms with E-state index in [0.717, 1.165) is 25.7 Å². The van der Waals surface area contributed by atoms with E-state index in [4.69, 9.17) is 0 Å². The fourth-order valence-electron chi connectivity index (χ4n) is 2.01. The average Bonchev–Trinajstić information content (AvgIpc) is 2.37. The highest BCUT2D eigenvalue weighted by atomic mass is 16.3. The first kappa shape index (κ1) is 14.2. The minimum absolute atomic E-state index is 0.134. The molecule has 0 aliphatic carbocycles. The molecule has 0 aliphatic heterocycles. The van der Waals surface area contributed by atoms with Gasteiger partial charge in [0.05, 0.1) is 6.10 Å². The van der Waals surface area contributed by atoms with Gasteiger partial charge < -0.3 is 5.11 Å². The minimum Gasteiger partial charge on any atom is -0.393 e. The summed E-state index contributed by atoms with van der Waals surface area (Å²) in [6.45, 7) is 2.23. The van der Waals surface area contributed by atoms with E-state index >= 15 is 0 Å². The van der Waals surface area contributed by atoms with Crippen LogP contribution < -0.4 is 0 Å². The summed E-state index contributed by atoms with van der Waals surface area (Å²) in [6.07, 6.45) is 12.6. The van der Waals surface area contributed by atoms with Crippen molar-refractivity contribution >= 4 is 0 Å². The van der Waals surface area contributed by atoms with E-state index < -0.39 is 0 Å². The fourth-order valence-corrected chi connectivity index (χ4v) is 2.01. The zero-order valence-corrected chi connectivity index (χ0v) is 10.9. The third kappa shape index (κ3) is 7.11. The van der Waals surface area contributed by atoms with Gasteiger partial charge in [0, 0.05) is 12.4 Å². The Balaban J connectivity index is 2.03. The first-order chi connectivity index (χ1) is 8.33. The normalized spacial score (nSPS) is 12.6. The van der Waals surface area contributed by atoms with Gasteiger partial charge in [-0.15, -0.1) is 0 Å². The zero-order chi connectivity index (χ0) is 12.3. The highest BCUT2D eigenvalue weighted by molar-refractivity contribution is 5.09. The predicted molar refractivity (Wildman–Crippen MR) is 71.9 cm³/mol. The van der Waals surface area contributed by atoms with Crippen LogP contribution in [0.3, 0.4) is 0 Å². The van der Waals surface area contributed by atoms with Crippen molar-refractivity contribution in [3.05, 3.63) is 30.1 Å². The second-order valence-electron chi connectivity index (χ2n) is 4.75. The highest BCUT2D eigenvalue weighted by Gasteiger charge is 2.04. The van der Waals surface area contributed by atoms with Crippen LogP contribution in [0.1, 0.15) is 57.4 Å². The number of aromatic nitrogens is 1. The van der Waals surface area contributed by atoms with Gasteiger partial charge in [-0.1, -0.05) is 39.0 Å². The van der Waals surface area contributed by atoms with E-state index in [-0.39, 0.29) is 6.10 Å². The number of rotatable bonds is 9. The van der Waals surface area contributed by atoms with Gasteiger partial charge in [0.1, 0.15) is 0 Å². The lowest BCUT2D eigenvalue weighted by molar-refractivity contribution is 0.151. The molecule has 1 aromatic heterocycles. The van der Waals surface area contributed by atoms with Crippen LogP contribution in [0, 0.1) is 0 Å². The van der Waals surface area contributed by atoms with Gasteiger partial charge in [-0.05, 0) is 37.0 Å². The van der Waals surface area contributed by atoms with Crippen LogP contribution in [0.4, 0.5) is 0 Å². The first-order valence-corrected chi connectivity index (χ1v) is 6.90. The Morgan fingerprint density at radius 2 is 1.76 bits per heavy atom. The number of unbranched alkanes of at least 4 members (excludes halogenated alkanes) is 4. The molecular formula is C15H25NO. The molecule has 0 aromatic carbocycles. The van der Waals surface area contributed by atoms with Crippen molar-refractivity contribution < 1.29 is 5.11 Å². The molecule has 2 heteroatoms. The summed E-state index contributed by atoms with van der Waals surface area (Å²) in [6, 6.07) is 4.04. The van der Waals surface area contributed by atoms with Gasteiger partial charge in [-0.25, -0.2) is 0 Å². The third-order valence-corrected chi connectivity index (χ3v) is 3.16. The molecule has 0 amide bonds. The third-order valence-electron chi connectivity index (χ3n) is 3.16. The quantitative estimate of drug-likeness (QED) is 0.661. The van der Waals surface area contributed by atoms with Crippen molar-refractivity contribution in [1.29, 1.82) is 0 Å². The second-order valence-corrected chi connectivity index (χ2v) is 4.75. The molecule has 17 heavy (non-hydrogen) atoms. The number of aliphatic hydroxyl groups is 1. The van der Waals surface area contributed by atoms with Crippen molar-refractivity contribution in [2.75, 3.05) is 0 Å². The molecule has 0 aliphatic rings. The maximum Gasteiger partial charge on any atom is 0.0543 e. The number of aryl methyl sites for hydroxylation is 1. The lowest BCUT2D eigenvalue weighted by atomic mass is 10.0. The van der Waals surface area contributed by atoms with E-state index in [1.54, 1.807) is 0 Å². The lowest BCUT2D eigenvalue weighted by Crippen LogP contribution is -2.07. The van der Waals surface area contributed by atoms with Gasteiger partial charge in [0.25, 0.3) is 0 Å². The molecule has 0 spiro atoms. The van der Waals surface area contributed by atoms with Gasteiger partial charge in [-0.2, -0.15) is 0 Å². The lowest BCUT2D eigenvalue weighted by Gasteiger charge is -2.10. The monoisotopic (exact) mass is 235 g/mol. The van der Waals surface area contributed by atoms with Crippen molar-refractivity contribution in [3.8, 4) is 0 Å². The highest BCUT2D eigenvalue weighted by Crippen LogP contribution is 2.11. The van der Waals surface area contributed by atoms with Crippen molar-refractivity contribution in [1.82, 2.24) is 4.98 Å². The minimum atomic E-state index is -0.134. The number of aliphatic hydroxyl groups excluding tert-OH is 1. The topological polar surface area (TPSA) is 33.1 Å². The molecule has 1 aromatic rings. The summed E-state index contributed by atoms with van der Waals surface area (Å²) in [5, 5.41) is 9.85. The summed E-state index contributed by atoms with van der Waals surface area (Å²) in [5.41, 5.74) is 1.27. The smallest absolute Gasteiger partial charge is 0.0543 e. The molecule has 0 radical (unpaired) electrons. The van der Waals surface area contributed by atoms with Gasteiger partial charge >= 0.3 is 0 Å². The maximum absolute atomic E-state index is 9.85. The first-order valence-electron chi connectivity index (χ1n) is 6.90. The average molecular weight is 235 g/mol. The summed E-state index contributed by atoms with van der Waals surface area (Å²) < 4.78 is 0. The summed E-state index contributed by atoms with van der Waals surface area (Å²) >= 11 is 0. The van der Waals surface area contributed by atoms with Gasteiger partial charge in [0.15, 0.2) is 0 Å². The molecule has 1 unspecified atom stereocenters. The molecule has 2 nitrogen and oxygen atoms in total. The fraction of sp³-hybridized carbons (Fsp3) is 0.667. The van der Waals surface area contributed by atoms with Crippen LogP contribution in [0.5, 0.6) is 0 Å². The Morgan fingerprint density at radius 3 is 2.47 bits per heavy atom. The maximum atomic E-state index is 9.85. The van der Waals surface area contributed by atoms with Crippen molar-refractivity contribution in [2.24, 2.45) is 0 Å². The molecule has 0 bridgehead atoms. The molecule has 1 atom stereocenters.